The standard InChI is InChI=1S/C15H20O3/c1-15(2,14(16)17)13-5-3-11(4-6-13)12-7-9-18-10-8-12/h3-6,12H,7-10H2,1-2H3,(H,16,17). The van der Waals surface area contributed by atoms with Gasteiger partial charge in [-0.2, -0.15) is 0 Å². The highest BCUT2D eigenvalue weighted by Crippen LogP contribution is 2.29. The average Bonchev–Trinajstić information content (AvgIpc) is 2.40. The van der Waals surface area contributed by atoms with Crippen LogP contribution in [0.2, 0.25) is 0 Å². The SMILES string of the molecule is CC(C)(C(=O)O)c1ccc(C2CCOCC2)cc1. The maximum absolute atomic E-state index is 11.2. The van der Waals surface area contributed by atoms with Crippen LogP contribution in [0.1, 0.15) is 43.7 Å². The quantitative estimate of drug-likeness (QED) is 0.894. The van der Waals surface area contributed by atoms with E-state index in [-0.39, 0.29) is 0 Å². The van der Waals surface area contributed by atoms with Crippen LogP contribution in [-0.2, 0) is 14.9 Å². The van der Waals surface area contributed by atoms with E-state index in [1.54, 1.807) is 13.8 Å². The lowest BCUT2D eigenvalue weighted by atomic mass is 9.83. The first kappa shape index (κ1) is 13.1. The van der Waals surface area contributed by atoms with Crippen LogP contribution >= 0.6 is 0 Å². The van der Waals surface area contributed by atoms with Crippen molar-refractivity contribution in [2.24, 2.45) is 0 Å². The number of carbonyl (C=O) groups is 1. The van der Waals surface area contributed by atoms with Crippen molar-refractivity contribution < 1.29 is 14.6 Å². The molecule has 1 saturated heterocycles. The molecule has 1 aliphatic heterocycles. The molecule has 0 amide bonds. The first-order valence-electron chi connectivity index (χ1n) is 6.43. The molecule has 1 heterocycles. The molecule has 1 N–H and O–H groups in total. The van der Waals surface area contributed by atoms with Crippen molar-refractivity contribution in [1.82, 2.24) is 0 Å². The van der Waals surface area contributed by atoms with Crippen LogP contribution in [0.25, 0.3) is 0 Å². The van der Waals surface area contributed by atoms with Crippen molar-refractivity contribution in [2.45, 2.75) is 38.0 Å². The fourth-order valence-corrected chi connectivity index (χ4v) is 2.33. The molecule has 1 aromatic rings. The Kier molecular flexibility index (Phi) is 3.71. The van der Waals surface area contributed by atoms with Gasteiger partial charge in [-0.15, -0.1) is 0 Å². The topological polar surface area (TPSA) is 46.5 Å². The number of ether oxygens (including phenoxy) is 1. The second-order valence-corrected chi connectivity index (χ2v) is 5.44. The molecule has 0 spiro atoms. The fourth-order valence-electron chi connectivity index (χ4n) is 2.33. The molecule has 1 fully saturated rings. The first-order valence-corrected chi connectivity index (χ1v) is 6.43. The van der Waals surface area contributed by atoms with Crippen molar-refractivity contribution in [3.63, 3.8) is 0 Å². The Bertz CT molecular complexity index is 414. The molecule has 2 rings (SSSR count). The summed E-state index contributed by atoms with van der Waals surface area (Å²) < 4.78 is 5.35. The molecule has 1 aromatic carbocycles. The maximum atomic E-state index is 11.2. The van der Waals surface area contributed by atoms with Gasteiger partial charge in [0.05, 0.1) is 5.41 Å². The monoisotopic (exact) mass is 248 g/mol. The lowest BCUT2D eigenvalue weighted by molar-refractivity contribution is -0.142. The number of rotatable bonds is 3. The first-order chi connectivity index (χ1) is 8.51. The van der Waals surface area contributed by atoms with Crippen molar-refractivity contribution in [2.75, 3.05) is 13.2 Å². The molecule has 18 heavy (non-hydrogen) atoms. The van der Waals surface area contributed by atoms with Gasteiger partial charge in [0.2, 0.25) is 0 Å². The number of benzene rings is 1. The zero-order chi connectivity index (χ0) is 13.2. The van der Waals surface area contributed by atoms with Crippen molar-refractivity contribution in [3.05, 3.63) is 35.4 Å². The molecule has 98 valence electrons. The van der Waals surface area contributed by atoms with Gasteiger partial charge in [-0.1, -0.05) is 24.3 Å². The number of hydrogen-bond donors (Lipinski definition) is 1. The Morgan fingerprint density at radius 3 is 2.28 bits per heavy atom. The predicted octanol–water partition coefficient (Wildman–Crippen LogP) is 2.94. The van der Waals surface area contributed by atoms with Crippen LogP contribution in [0.4, 0.5) is 0 Å². The van der Waals surface area contributed by atoms with E-state index >= 15 is 0 Å². The predicted molar refractivity (Wildman–Crippen MR) is 69.9 cm³/mol. The molecule has 0 aromatic heterocycles. The van der Waals surface area contributed by atoms with E-state index in [2.05, 4.69) is 12.1 Å². The molecule has 3 nitrogen and oxygen atoms in total. The Labute approximate surface area is 108 Å². The highest BCUT2D eigenvalue weighted by atomic mass is 16.5. The molecule has 0 unspecified atom stereocenters. The summed E-state index contributed by atoms with van der Waals surface area (Å²) in [5, 5.41) is 9.20. The molecule has 0 radical (unpaired) electrons. The van der Waals surface area contributed by atoms with Crippen molar-refractivity contribution in [1.29, 1.82) is 0 Å². The Morgan fingerprint density at radius 2 is 1.78 bits per heavy atom. The summed E-state index contributed by atoms with van der Waals surface area (Å²) in [4.78, 5) is 11.2. The summed E-state index contributed by atoms with van der Waals surface area (Å²) in [5.41, 5.74) is 1.32. The minimum Gasteiger partial charge on any atom is -0.481 e. The third kappa shape index (κ3) is 2.56. The van der Waals surface area contributed by atoms with Crippen molar-refractivity contribution >= 4 is 5.97 Å². The minimum atomic E-state index is -0.825. The maximum Gasteiger partial charge on any atom is 0.313 e. The number of carboxylic acid groups (broad SMARTS) is 1. The van der Waals surface area contributed by atoms with E-state index in [1.807, 2.05) is 12.1 Å². The van der Waals surface area contributed by atoms with Gasteiger partial charge in [0.25, 0.3) is 0 Å². The zero-order valence-electron chi connectivity index (χ0n) is 11.0. The van der Waals surface area contributed by atoms with E-state index in [1.165, 1.54) is 5.56 Å². The Balaban J connectivity index is 2.17. The highest BCUT2D eigenvalue weighted by Gasteiger charge is 2.29. The van der Waals surface area contributed by atoms with Crippen LogP contribution in [0, 0.1) is 0 Å². The Hall–Kier alpha value is -1.35. The lowest BCUT2D eigenvalue weighted by Crippen LogP contribution is -2.28. The molecular weight excluding hydrogens is 228 g/mol. The van der Waals surface area contributed by atoms with E-state index in [0.717, 1.165) is 31.6 Å². The van der Waals surface area contributed by atoms with Gasteiger partial charge in [0.15, 0.2) is 0 Å². The molecule has 0 aliphatic carbocycles. The molecule has 0 atom stereocenters. The van der Waals surface area contributed by atoms with Gasteiger partial charge in [-0.05, 0) is 43.7 Å². The molecule has 0 bridgehead atoms. The van der Waals surface area contributed by atoms with Crippen LogP contribution in [0.5, 0.6) is 0 Å². The van der Waals surface area contributed by atoms with E-state index in [4.69, 9.17) is 4.74 Å². The van der Waals surface area contributed by atoms with Gasteiger partial charge in [0.1, 0.15) is 0 Å². The molecule has 1 aliphatic rings. The summed E-state index contributed by atoms with van der Waals surface area (Å²) in [6.07, 6.45) is 2.11. The summed E-state index contributed by atoms with van der Waals surface area (Å²) >= 11 is 0. The van der Waals surface area contributed by atoms with Crippen LogP contribution in [0.15, 0.2) is 24.3 Å². The fraction of sp³-hybridized carbons (Fsp3) is 0.533. The van der Waals surface area contributed by atoms with Gasteiger partial charge in [-0.25, -0.2) is 0 Å². The summed E-state index contributed by atoms with van der Waals surface area (Å²) in [6.45, 7) is 5.12. The van der Waals surface area contributed by atoms with E-state index in [9.17, 15) is 9.90 Å². The summed E-state index contributed by atoms with van der Waals surface area (Å²) in [6, 6.07) is 8.02. The van der Waals surface area contributed by atoms with Crippen LogP contribution < -0.4 is 0 Å². The van der Waals surface area contributed by atoms with E-state index in [0.29, 0.717) is 5.92 Å². The largest absolute Gasteiger partial charge is 0.481 e. The van der Waals surface area contributed by atoms with Gasteiger partial charge < -0.3 is 9.84 Å². The Morgan fingerprint density at radius 1 is 1.22 bits per heavy atom. The molecule has 0 saturated carbocycles. The van der Waals surface area contributed by atoms with E-state index < -0.39 is 11.4 Å². The van der Waals surface area contributed by atoms with Gasteiger partial charge in [-0.3, -0.25) is 4.79 Å². The second-order valence-electron chi connectivity index (χ2n) is 5.44. The summed E-state index contributed by atoms with van der Waals surface area (Å²) in [7, 11) is 0. The second kappa shape index (κ2) is 5.11. The smallest absolute Gasteiger partial charge is 0.313 e. The third-order valence-electron chi connectivity index (χ3n) is 3.86. The van der Waals surface area contributed by atoms with Crippen LogP contribution in [-0.4, -0.2) is 24.3 Å². The van der Waals surface area contributed by atoms with Crippen molar-refractivity contribution in [3.8, 4) is 0 Å². The normalized spacial score (nSPS) is 17.7. The number of hydrogen-bond acceptors (Lipinski definition) is 2. The average molecular weight is 248 g/mol. The molecular formula is C15H20O3. The lowest BCUT2D eigenvalue weighted by Gasteiger charge is -2.24. The zero-order valence-corrected chi connectivity index (χ0v) is 11.0. The van der Waals surface area contributed by atoms with Gasteiger partial charge >= 0.3 is 5.97 Å². The summed E-state index contributed by atoms with van der Waals surface area (Å²) in [5.74, 6) is -0.234. The van der Waals surface area contributed by atoms with Gasteiger partial charge in [0, 0.05) is 13.2 Å². The minimum absolute atomic E-state index is 0.556. The molecule has 3 heteroatoms. The highest BCUT2D eigenvalue weighted by molar-refractivity contribution is 5.80. The van der Waals surface area contributed by atoms with Crippen LogP contribution in [0.3, 0.4) is 0 Å². The number of aliphatic carboxylic acids is 1. The number of carboxylic acids is 1. The third-order valence-corrected chi connectivity index (χ3v) is 3.86.